The molecule has 0 atom stereocenters. The Hall–Kier alpha value is -1.26. The summed E-state index contributed by atoms with van der Waals surface area (Å²) in [6.07, 6.45) is 0. The Kier molecular flexibility index (Phi) is 4.09. The summed E-state index contributed by atoms with van der Waals surface area (Å²) in [4.78, 5) is 9.22. The summed E-state index contributed by atoms with van der Waals surface area (Å²) < 4.78 is 0. The van der Waals surface area contributed by atoms with Crippen LogP contribution < -0.4 is 5.32 Å². The summed E-state index contributed by atoms with van der Waals surface area (Å²) in [6, 6.07) is 2.53. The standard InChI is InChI=1S/C14H19N3S/c1-9(2)15-7-13-10(3)16-14(17-11(13)4)12-5-6-18-8-12/h5-6,8-9,15H,7H2,1-4H3. The zero-order valence-corrected chi connectivity index (χ0v) is 12.1. The second kappa shape index (κ2) is 5.59. The molecule has 0 unspecified atom stereocenters. The molecule has 0 aliphatic rings. The average molecular weight is 261 g/mol. The van der Waals surface area contributed by atoms with Crippen LogP contribution in [0.2, 0.25) is 0 Å². The highest BCUT2D eigenvalue weighted by Gasteiger charge is 2.10. The maximum absolute atomic E-state index is 4.61. The maximum atomic E-state index is 4.61. The van der Waals surface area contributed by atoms with E-state index in [1.165, 1.54) is 5.56 Å². The van der Waals surface area contributed by atoms with Crippen LogP contribution in [0.15, 0.2) is 16.8 Å². The predicted octanol–water partition coefficient (Wildman–Crippen LogP) is 3.32. The molecular weight excluding hydrogens is 242 g/mol. The first-order valence-corrected chi connectivity index (χ1v) is 7.12. The molecule has 0 fully saturated rings. The van der Waals surface area contributed by atoms with Gasteiger partial charge in [-0.15, -0.1) is 0 Å². The fraction of sp³-hybridized carbons (Fsp3) is 0.429. The molecule has 2 aromatic heterocycles. The summed E-state index contributed by atoms with van der Waals surface area (Å²) >= 11 is 1.67. The number of aromatic nitrogens is 2. The zero-order valence-electron chi connectivity index (χ0n) is 11.3. The second-order valence-corrected chi connectivity index (χ2v) is 5.52. The summed E-state index contributed by atoms with van der Waals surface area (Å²) in [5.41, 5.74) is 4.45. The van der Waals surface area contributed by atoms with Crippen molar-refractivity contribution in [3.05, 3.63) is 33.8 Å². The lowest BCUT2D eigenvalue weighted by molar-refractivity contribution is 0.583. The van der Waals surface area contributed by atoms with Crippen LogP contribution >= 0.6 is 11.3 Å². The van der Waals surface area contributed by atoms with Crippen LogP contribution in [0.4, 0.5) is 0 Å². The lowest BCUT2D eigenvalue weighted by Gasteiger charge is -2.13. The van der Waals surface area contributed by atoms with Crippen LogP contribution in [0.5, 0.6) is 0 Å². The Morgan fingerprint density at radius 3 is 2.39 bits per heavy atom. The SMILES string of the molecule is Cc1nc(-c2ccsc2)nc(C)c1CNC(C)C. The van der Waals surface area contributed by atoms with Crippen LogP contribution in [-0.2, 0) is 6.54 Å². The second-order valence-electron chi connectivity index (χ2n) is 4.74. The van der Waals surface area contributed by atoms with Gasteiger partial charge in [-0.2, -0.15) is 11.3 Å². The third-order valence-electron chi connectivity index (χ3n) is 2.89. The smallest absolute Gasteiger partial charge is 0.160 e. The fourth-order valence-corrected chi connectivity index (χ4v) is 2.46. The van der Waals surface area contributed by atoms with Crippen LogP contribution in [0.1, 0.15) is 30.8 Å². The predicted molar refractivity (Wildman–Crippen MR) is 76.8 cm³/mol. The van der Waals surface area contributed by atoms with Gasteiger partial charge in [0.25, 0.3) is 0 Å². The van der Waals surface area contributed by atoms with Crippen molar-refractivity contribution in [3.63, 3.8) is 0 Å². The summed E-state index contributed by atoms with van der Waals surface area (Å²) in [5, 5.41) is 7.56. The van der Waals surface area contributed by atoms with Gasteiger partial charge < -0.3 is 5.32 Å². The molecule has 3 nitrogen and oxygen atoms in total. The Labute approximate surface area is 112 Å². The molecule has 0 aromatic carbocycles. The third-order valence-corrected chi connectivity index (χ3v) is 3.57. The van der Waals surface area contributed by atoms with Gasteiger partial charge in [-0.25, -0.2) is 9.97 Å². The lowest BCUT2D eigenvalue weighted by Crippen LogP contribution is -2.23. The van der Waals surface area contributed by atoms with E-state index in [2.05, 4.69) is 59.8 Å². The van der Waals surface area contributed by atoms with Crippen molar-refractivity contribution in [2.75, 3.05) is 0 Å². The molecule has 0 aliphatic heterocycles. The molecule has 0 bridgehead atoms. The van der Waals surface area contributed by atoms with Crippen LogP contribution in [0.3, 0.4) is 0 Å². The normalized spacial score (nSPS) is 11.2. The molecular formula is C14H19N3S. The summed E-state index contributed by atoms with van der Waals surface area (Å²) in [6.45, 7) is 9.24. The summed E-state index contributed by atoms with van der Waals surface area (Å²) in [5.74, 6) is 0.833. The molecule has 0 aliphatic carbocycles. The van der Waals surface area contributed by atoms with E-state index in [9.17, 15) is 0 Å². The minimum absolute atomic E-state index is 0.473. The number of nitrogens with zero attached hydrogens (tertiary/aromatic N) is 2. The maximum Gasteiger partial charge on any atom is 0.160 e. The van der Waals surface area contributed by atoms with Gasteiger partial charge in [-0.1, -0.05) is 13.8 Å². The van der Waals surface area contributed by atoms with Crippen LogP contribution in [-0.4, -0.2) is 16.0 Å². The van der Waals surface area contributed by atoms with Crippen LogP contribution in [0.25, 0.3) is 11.4 Å². The molecule has 2 aromatic rings. The van der Waals surface area contributed by atoms with E-state index in [4.69, 9.17) is 0 Å². The average Bonchev–Trinajstić information content (AvgIpc) is 2.80. The molecule has 1 N–H and O–H groups in total. The van der Waals surface area contributed by atoms with Crippen molar-refractivity contribution in [1.29, 1.82) is 0 Å². The highest BCUT2D eigenvalue weighted by molar-refractivity contribution is 7.08. The molecule has 4 heteroatoms. The van der Waals surface area contributed by atoms with Crippen molar-refractivity contribution in [2.45, 2.75) is 40.3 Å². The van der Waals surface area contributed by atoms with Gasteiger partial charge in [0, 0.05) is 40.5 Å². The number of thiophene rings is 1. The van der Waals surface area contributed by atoms with Gasteiger partial charge in [0.05, 0.1) is 0 Å². The fourth-order valence-electron chi connectivity index (χ4n) is 1.82. The largest absolute Gasteiger partial charge is 0.310 e. The number of nitrogens with one attached hydrogen (secondary N) is 1. The molecule has 18 heavy (non-hydrogen) atoms. The van der Waals surface area contributed by atoms with Crippen molar-refractivity contribution >= 4 is 11.3 Å². The van der Waals surface area contributed by atoms with Crippen molar-refractivity contribution in [2.24, 2.45) is 0 Å². The van der Waals surface area contributed by atoms with E-state index in [0.29, 0.717) is 6.04 Å². The highest BCUT2D eigenvalue weighted by Crippen LogP contribution is 2.21. The van der Waals surface area contributed by atoms with Gasteiger partial charge >= 0.3 is 0 Å². The molecule has 2 rings (SSSR count). The first-order valence-electron chi connectivity index (χ1n) is 6.18. The minimum Gasteiger partial charge on any atom is -0.310 e. The van der Waals surface area contributed by atoms with Crippen LogP contribution in [0, 0.1) is 13.8 Å². The van der Waals surface area contributed by atoms with Gasteiger partial charge in [-0.05, 0) is 25.3 Å². The highest BCUT2D eigenvalue weighted by atomic mass is 32.1. The number of hydrogen-bond acceptors (Lipinski definition) is 4. The number of hydrogen-bond donors (Lipinski definition) is 1. The molecule has 96 valence electrons. The lowest BCUT2D eigenvalue weighted by atomic mass is 10.1. The Bertz CT molecular complexity index is 495. The number of aryl methyl sites for hydroxylation is 2. The van der Waals surface area contributed by atoms with Crippen molar-refractivity contribution < 1.29 is 0 Å². The van der Waals surface area contributed by atoms with Gasteiger partial charge in [0.15, 0.2) is 5.82 Å². The first-order chi connectivity index (χ1) is 8.58. The molecule has 2 heterocycles. The topological polar surface area (TPSA) is 37.8 Å². The summed E-state index contributed by atoms with van der Waals surface area (Å²) in [7, 11) is 0. The van der Waals surface area contributed by atoms with E-state index in [-0.39, 0.29) is 0 Å². The van der Waals surface area contributed by atoms with Gasteiger partial charge in [0.2, 0.25) is 0 Å². The van der Waals surface area contributed by atoms with E-state index >= 15 is 0 Å². The van der Waals surface area contributed by atoms with Crippen molar-refractivity contribution in [3.8, 4) is 11.4 Å². The van der Waals surface area contributed by atoms with E-state index in [1.54, 1.807) is 11.3 Å². The Morgan fingerprint density at radius 2 is 1.89 bits per heavy atom. The molecule has 0 spiro atoms. The molecule has 0 saturated carbocycles. The van der Waals surface area contributed by atoms with E-state index in [1.807, 2.05) is 0 Å². The monoisotopic (exact) mass is 261 g/mol. The van der Waals surface area contributed by atoms with Gasteiger partial charge in [-0.3, -0.25) is 0 Å². The van der Waals surface area contributed by atoms with E-state index in [0.717, 1.165) is 29.3 Å². The van der Waals surface area contributed by atoms with Crippen molar-refractivity contribution in [1.82, 2.24) is 15.3 Å². The number of rotatable bonds is 4. The molecule has 0 radical (unpaired) electrons. The Morgan fingerprint density at radius 1 is 1.22 bits per heavy atom. The molecule has 0 amide bonds. The Balaban J connectivity index is 2.29. The minimum atomic E-state index is 0.473. The first kappa shape index (κ1) is 13.2. The quantitative estimate of drug-likeness (QED) is 0.917. The zero-order chi connectivity index (χ0) is 13.1. The van der Waals surface area contributed by atoms with E-state index < -0.39 is 0 Å². The third kappa shape index (κ3) is 2.94. The van der Waals surface area contributed by atoms with Gasteiger partial charge in [0.1, 0.15) is 0 Å². The molecule has 0 saturated heterocycles.